The van der Waals surface area contributed by atoms with Crippen molar-refractivity contribution in [1.82, 2.24) is 5.32 Å². The van der Waals surface area contributed by atoms with Crippen LogP contribution >= 0.6 is 0 Å². The topological polar surface area (TPSA) is 29.1 Å². The van der Waals surface area contributed by atoms with E-state index in [2.05, 4.69) is 24.4 Å². The minimum absolute atomic E-state index is 0.200. The van der Waals surface area contributed by atoms with E-state index in [9.17, 15) is 4.79 Å². The summed E-state index contributed by atoms with van der Waals surface area (Å²) in [4.78, 5) is 11.6. The van der Waals surface area contributed by atoms with Gasteiger partial charge in [-0.3, -0.25) is 4.79 Å². The zero-order chi connectivity index (χ0) is 13.8. The average molecular weight is 261 g/mol. The van der Waals surface area contributed by atoms with Crippen molar-refractivity contribution < 1.29 is 4.79 Å². The van der Waals surface area contributed by atoms with Crippen LogP contribution in [0.15, 0.2) is 30.3 Å². The highest BCUT2D eigenvalue weighted by Gasteiger charge is 2.00. The summed E-state index contributed by atoms with van der Waals surface area (Å²) in [5, 5.41) is 2.99. The monoisotopic (exact) mass is 261 g/mol. The van der Waals surface area contributed by atoms with Crippen LogP contribution in [0.5, 0.6) is 0 Å². The fourth-order valence-corrected chi connectivity index (χ4v) is 2.15. The molecule has 0 radical (unpaired) electrons. The van der Waals surface area contributed by atoms with Gasteiger partial charge in [0.1, 0.15) is 0 Å². The number of carbonyl (C=O) groups is 1. The van der Waals surface area contributed by atoms with E-state index in [1.165, 1.54) is 37.7 Å². The van der Waals surface area contributed by atoms with Crippen molar-refractivity contribution in [2.24, 2.45) is 0 Å². The van der Waals surface area contributed by atoms with Crippen molar-refractivity contribution in [3.63, 3.8) is 0 Å². The number of unbranched alkanes of at least 4 members (excludes halogenated alkanes) is 5. The quantitative estimate of drug-likeness (QED) is 0.631. The largest absolute Gasteiger partial charge is 0.356 e. The van der Waals surface area contributed by atoms with Crippen LogP contribution in [0.25, 0.3) is 0 Å². The summed E-state index contributed by atoms with van der Waals surface area (Å²) >= 11 is 0. The molecule has 0 unspecified atom stereocenters. The molecule has 0 saturated heterocycles. The third-order valence-electron chi connectivity index (χ3n) is 3.34. The lowest BCUT2D eigenvalue weighted by Crippen LogP contribution is -2.25. The lowest BCUT2D eigenvalue weighted by atomic mass is 10.1. The van der Waals surface area contributed by atoms with Crippen molar-refractivity contribution in [2.75, 3.05) is 6.54 Å². The highest BCUT2D eigenvalue weighted by molar-refractivity contribution is 5.75. The third-order valence-corrected chi connectivity index (χ3v) is 3.34. The van der Waals surface area contributed by atoms with E-state index in [-0.39, 0.29) is 5.91 Å². The van der Waals surface area contributed by atoms with Crippen LogP contribution in [0.1, 0.15) is 57.4 Å². The van der Waals surface area contributed by atoms with Crippen molar-refractivity contribution >= 4 is 5.91 Å². The Hall–Kier alpha value is -1.31. The van der Waals surface area contributed by atoms with E-state index in [4.69, 9.17) is 0 Å². The van der Waals surface area contributed by atoms with E-state index in [1.807, 2.05) is 18.2 Å². The van der Waals surface area contributed by atoms with Crippen LogP contribution in [0.3, 0.4) is 0 Å². The molecule has 2 nitrogen and oxygen atoms in total. The summed E-state index contributed by atoms with van der Waals surface area (Å²) in [7, 11) is 0. The molecule has 0 atom stereocenters. The molecule has 1 rings (SSSR count). The molecule has 0 saturated carbocycles. The van der Waals surface area contributed by atoms with Crippen molar-refractivity contribution in [3.8, 4) is 0 Å². The van der Waals surface area contributed by atoms with E-state index < -0.39 is 0 Å². The van der Waals surface area contributed by atoms with Gasteiger partial charge in [-0.1, -0.05) is 69.4 Å². The zero-order valence-electron chi connectivity index (χ0n) is 12.2. The number of amides is 1. The van der Waals surface area contributed by atoms with Gasteiger partial charge in [-0.05, 0) is 18.4 Å². The van der Waals surface area contributed by atoms with E-state index in [0.29, 0.717) is 6.42 Å². The highest BCUT2D eigenvalue weighted by atomic mass is 16.1. The molecule has 1 aromatic carbocycles. The van der Waals surface area contributed by atoms with Gasteiger partial charge >= 0.3 is 0 Å². The minimum Gasteiger partial charge on any atom is -0.356 e. The predicted molar refractivity (Wildman–Crippen MR) is 81.1 cm³/mol. The zero-order valence-corrected chi connectivity index (χ0v) is 12.2. The Kier molecular flexibility index (Phi) is 8.78. The molecular formula is C17H27NO. The predicted octanol–water partition coefficient (Wildman–Crippen LogP) is 4.10. The van der Waals surface area contributed by atoms with Crippen LogP contribution in [0.2, 0.25) is 0 Å². The maximum atomic E-state index is 11.6. The first kappa shape index (κ1) is 15.7. The number of hydrogen-bond donors (Lipinski definition) is 1. The molecule has 19 heavy (non-hydrogen) atoms. The summed E-state index contributed by atoms with van der Waals surface area (Å²) in [5.41, 5.74) is 1.28. The average Bonchev–Trinajstić information content (AvgIpc) is 2.44. The summed E-state index contributed by atoms with van der Waals surface area (Å²) < 4.78 is 0. The van der Waals surface area contributed by atoms with Crippen molar-refractivity contribution in [1.29, 1.82) is 0 Å². The van der Waals surface area contributed by atoms with Crippen LogP contribution in [-0.2, 0) is 11.2 Å². The molecule has 106 valence electrons. The van der Waals surface area contributed by atoms with Gasteiger partial charge in [0.2, 0.25) is 5.91 Å². The Labute approximate surface area is 117 Å². The fraction of sp³-hybridized carbons (Fsp3) is 0.588. The molecule has 0 aliphatic heterocycles. The Morgan fingerprint density at radius 1 is 1.00 bits per heavy atom. The maximum Gasteiger partial charge on any atom is 0.220 e. The second-order valence-electron chi connectivity index (χ2n) is 5.10. The van der Waals surface area contributed by atoms with Crippen LogP contribution in [0.4, 0.5) is 0 Å². The Bertz CT molecular complexity index is 334. The second kappa shape index (κ2) is 10.6. The molecule has 1 amide bonds. The van der Waals surface area contributed by atoms with Gasteiger partial charge in [-0.15, -0.1) is 0 Å². The molecule has 0 aromatic heterocycles. The lowest BCUT2D eigenvalue weighted by molar-refractivity contribution is -0.121. The lowest BCUT2D eigenvalue weighted by Gasteiger charge is -2.05. The normalized spacial score (nSPS) is 10.4. The van der Waals surface area contributed by atoms with Gasteiger partial charge in [-0.25, -0.2) is 0 Å². The summed E-state index contributed by atoms with van der Waals surface area (Å²) in [5.74, 6) is 0.200. The van der Waals surface area contributed by atoms with E-state index in [0.717, 1.165) is 19.4 Å². The Morgan fingerprint density at radius 3 is 2.42 bits per heavy atom. The van der Waals surface area contributed by atoms with Crippen molar-refractivity contribution in [3.05, 3.63) is 35.9 Å². The molecule has 0 fully saturated rings. The third kappa shape index (κ3) is 8.41. The molecule has 0 heterocycles. The van der Waals surface area contributed by atoms with Crippen molar-refractivity contribution in [2.45, 2.75) is 58.3 Å². The second-order valence-corrected chi connectivity index (χ2v) is 5.10. The molecular weight excluding hydrogens is 234 g/mol. The van der Waals surface area contributed by atoms with Crippen LogP contribution in [0, 0.1) is 0 Å². The smallest absolute Gasteiger partial charge is 0.220 e. The first-order chi connectivity index (χ1) is 9.33. The number of rotatable bonds is 10. The summed E-state index contributed by atoms with van der Waals surface area (Å²) in [6.45, 7) is 2.97. The number of nitrogens with one attached hydrogen (secondary N) is 1. The molecule has 2 heteroatoms. The molecule has 0 aliphatic carbocycles. The first-order valence-electron chi connectivity index (χ1n) is 7.63. The molecule has 1 aromatic rings. The summed E-state index contributed by atoms with van der Waals surface area (Å²) in [6, 6.07) is 10.3. The Balaban J connectivity index is 1.96. The standard InChI is InChI=1S/C17H27NO/c1-2-3-4-5-6-10-13-17(19)18-15-14-16-11-8-7-9-12-16/h7-9,11-12H,2-6,10,13-15H2,1H3,(H,18,19). The number of hydrogen-bond acceptors (Lipinski definition) is 1. The Morgan fingerprint density at radius 2 is 1.68 bits per heavy atom. The first-order valence-corrected chi connectivity index (χ1v) is 7.63. The molecule has 0 bridgehead atoms. The van der Waals surface area contributed by atoms with Gasteiger partial charge in [0, 0.05) is 13.0 Å². The fourth-order valence-electron chi connectivity index (χ4n) is 2.15. The van der Waals surface area contributed by atoms with E-state index >= 15 is 0 Å². The van der Waals surface area contributed by atoms with Gasteiger partial charge in [0.05, 0.1) is 0 Å². The number of benzene rings is 1. The molecule has 0 spiro atoms. The SMILES string of the molecule is CCCCCCCCC(=O)NCCc1ccccc1. The van der Waals surface area contributed by atoms with Gasteiger partial charge in [0.15, 0.2) is 0 Å². The van der Waals surface area contributed by atoms with Crippen LogP contribution in [-0.4, -0.2) is 12.5 Å². The molecule has 0 aliphatic rings. The van der Waals surface area contributed by atoms with Gasteiger partial charge < -0.3 is 5.32 Å². The van der Waals surface area contributed by atoms with Gasteiger partial charge in [0.25, 0.3) is 0 Å². The van der Waals surface area contributed by atoms with Gasteiger partial charge in [-0.2, -0.15) is 0 Å². The molecule has 1 N–H and O–H groups in total. The number of carbonyl (C=O) groups excluding carboxylic acids is 1. The van der Waals surface area contributed by atoms with E-state index in [1.54, 1.807) is 0 Å². The summed E-state index contributed by atoms with van der Waals surface area (Å²) in [6.07, 6.45) is 9.00. The highest BCUT2D eigenvalue weighted by Crippen LogP contribution is 2.06. The maximum absolute atomic E-state index is 11.6. The van der Waals surface area contributed by atoms with Crippen LogP contribution < -0.4 is 5.32 Å². The minimum atomic E-state index is 0.200.